The van der Waals surface area contributed by atoms with Gasteiger partial charge in [-0.25, -0.2) is 22.7 Å². The summed E-state index contributed by atoms with van der Waals surface area (Å²) in [5, 5.41) is 2.15. The van der Waals surface area contributed by atoms with Gasteiger partial charge in [-0.2, -0.15) is 0 Å². The third kappa shape index (κ3) is 3.48. The smallest absolute Gasteiger partial charge is 0.274 e. The molecule has 32 heavy (non-hydrogen) atoms. The van der Waals surface area contributed by atoms with Crippen LogP contribution in [0.25, 0.3) is 0 Å². The zero-order chi connectivity index (χ0) is 23.3. The summed E-state index contributed by atoms with van der Waals surface area (Å²) >= 11 is 0. The van der Waals surface area contributed by atoms with Crippen LogP contribution in [0.2, 0.25) is 0 Å². The molecule has 2 aromatic rings. The van der Waals surface area contributed by atoms with Crippen LogP contribution in [0.1, 0.15) is 46.9 Å². The largest absolute Gasteiger partial charge is 0.495 e. The van der Waals surface area contributed by atoms with Crippen LogP contribution in [-0.2, 0) is 22.0 Å². The van der Waals surface area contributed by atoms with Crippen molar-refractivity contribution in [3.63, 3.8) is 0 Å². The number of aliphatic imine (C=N–C) groups is 1. The molecule has 0 bridgehead atoms. The summed E-state index contributed by atoms with van der Waals surface area (Å²) < 4.78 is 32.5. The molecule has 0 saturated heterocycles. The number of aromatic nitrogens is 1. The number of rotatable bonds is 3. The standard InChI is InChI=1S/C22H27N5O4S/c1-13-10-16(31-4)12-24-19(13)20(28)25-15-9-8-14-6-5-7-18-22(2,17(14)11-15)26-21(23)27(3)32(18,29)30/h8-12,18H,5-7H2,1-4H3,(H2,23,26)(H,25,28)/t18-,22+/m0/s1. The predicted octanol–water partition coefficient (Wildman–Crippen LogP) is 2.16. The van der Waals surface area contributed by atoms with Crippen LogP contribution in [0.3, 0.4) is 0 Å². The van der Waals surface area contributed by atoms with Crippen molar-refractivity contribution in [2.24, 2.45) is 10.7 Å². The van der Waals surface area contributed by atoms with Crippen molar-refractivity contribution in [3.8, 4) is 5.75 Å². The van der Waals surface area contributed by atoms with E-state index >= 15 is 0 Å². The molecule has 3 N–H and O–H groups in total. The topological polar surface area (TPSA) is 127 Å². The van der Waals surface area contributed by atoms with Crippen molar-refractivity contribution in [1.29, 1.82) is 0 Å². The van der Waals surface area contributed by atoms with E-state index in [2.05, 4.69) is 15.3 Å². The van der Waals surface area contributed by atoms with Gasteiger partial charge in [-0.3, -0.25) is 4.79 Å². The molecular weight excluding hydrogens is 430 g/mol. The average Bonchev–Trinajstić information content (AvgIpc) is 2.89. The quantitative estimate of drug-likeness (QED) is 0.727. The Morgan fingerprint density at radius 2 is 2.09 bits per heavy atom. The highest BCUT2D eigenvalue weighted by atomic mass is 32.2. The third-order valence-electron chi connectivity index (χ3n) is 6.37. The minimum absolute atomic E-state index is 0.0379. The van der Waals surface area contributed by atoms with Crippen molar-refractivity contribution in [1.82, 2.24) is 9.29 Å². The lowest BCUT2D eigenvalue weighted by molar-refractivity contribution is 0.102. The second-order valence-electron chi connectivity index (χ2n) is 8.38. The Hall–Kier alpha value is -3.14. The number of fused-ring (bicyclic) bond motifs is 3. The van der Waals surface area contributed by atoms with Crippen LogP contribution in [0.15, 0.2) is 35.5 Å². The Bertz CT molecular complexity index is 1230. The van der Waals surface area contributed by atoms with Crippen LogP contribution in [0.4, 0.5) is 5.69 Å². The van der Waals surface area contributed by atoms with Gasteiger partial charge in [0, 0.05) is 12.7 Å². The number of nitrogens with one attached hydrogen (secondary N) is 1. The second kappa shape index (κ2) is 7.77. The fourth-order valence-electron chi connectivity index (χ4n) is 4.57. The molecule has 0 saturated carbocycles. The number of nitrogens with two attached hydrogens (primary N) is 1. The Morgan fingerprint density at radius 3 is 2.78 bits per heavy atom. The molecule has 2 atom stereocenters. The molecule has 1 aliphatic carbocycles. The maximum atomic E-state index is 13.1. The van der Waals surface area contributed by atoms with Crippen molar-refractivity contribution in [2.45, 2.75) is 43.9 Å². The van der Waals surface area contributed by atoms with E-state index in [4.69, 9.17) is 10.5 Å². The summed E-state index contributed by atoms with van der Waals surface area (Å²) in [6.45, 7) is 3.59. The minimum atomic E-state index is -3.66. The van der Waals surface area contributed by atoms with Crippen LogP contribution in [0.5, 0.6) is 5.75 Å². The summed E-state index contributed by atoms with van der Waals surface area (Å²) in [7, 11) is -0.688. The number of guanidine groups is 1. The molecule has 2 heterocycles. The van der Waals surface area contributed by atoms with E-state index in [-0.39, 0.29) is 17.6 Å². The molecule has 0 fully saturated rings. The first-order valence-corrected chi connectivity index (χ1v) is 11.9. The molecule has 1 amide bonds. The first-order valence-electron chi connectivity index (χ1n) is 10.4. The first-order chi connectivity index (χ1) is 15.1. The van der Waals surface area contributed by atoms with Gasteiger partial charge in [0.1, 0.15) is 22.2 Å². The predicted molar refractivity (Wildman–Crippen MR) is 122 cm³/mol. The Kier molecular flexibility index (Phi) is 5.36. The van der Waals surface area contributed by atoms with Gasteiger partial charge in [-0.05, 0) is 68.0 Å². The van der Waals surface area contributed by atoms with E-state index in [1.165, 1.54) is 20.4 Å². The lowest BCUT2D eigenvalue weighted by Crippen LogP contribution is -2.56. The van der Waals surface area contributed by atoms with Crippen LogP contribution < -0.4 is 15.8 Å². The van der Waals surface area contributed by atoms with Gasteiger partial charge in [-0.15, -0.1) is 0 Å². The molecule has 4 rings (SSSR count). The summed E-state index contributed by atoms with van der Waals surface area (Å²) in [6.07, 6.45) is 3.41. The molecule has 1 aliphatic heterocycles. The zero-order valence-corrected chi connectivity index (χ0v) is 19.4. The number of methoxy groups -OCH3 is 1. The van der Waals surface area contributed by atoms with Crippen molar-refractivity contribution in [2.75, 3.05) is 19.5 Å². The van der Waals surface area contributed by atoms with E-state index in [0.717, 1.165) is 28.3 Å². The SMILES string of the molecule is COc1cnc(C(=O)Nc2ccc3c(c2)[C@@]2(C)N=C(N)N(C)S(=O)(=O)[C@H]2CCC3)c(C)c1. The fourth-order valence-corrected chi connectivity index (χ4v) is 6.47. The van der Waals surface area contributed by atoms with E-state index in [1.807, 2.05) is 18.2 Å². The number of anilines is 1. The monoisotopic (exact) mass is 457 g/mol. The van der Waals surface area contributed by atoms with Crippen LogP contribution in [-0.4, -0.2) is 49.0 Å². The number of amides is 1. The lowest BCUT2D eigenvalue weighted by atomic mass is 9.86. The van der Waals surface area contributed by atoms with Gasteiger partial charge < -0.3 is 15.8 Å². The second-order valence-corrected chi connectivity index (χ2v) is 10.5. The fraction of sp³-hybridized carbons (Fsp3) is 0.409. The van der Waals surface area contributed by atoms with Crippen LogP contribution >= 0.6 is 0 Å². The van der Waals surface area contributed by atoms with E-state index in [1.54, 1.807) is 19.9 Å². The van der Waals surface area contributed by atoms with Gasteiger partial charge in [0.2, 0.25) is 16.0 Å². The number of carbonyl (C=O) groups excluding carboxylic acids is 1. The van der Waals surface area contributed by atoms with E-state index in [9.17, 15) is 13.2 Å². The number of aryl methyl sites for hydroxylation is 2. The third-order valence-corrected chi connectivity index (χ3v) is 8.73. The summed E-state index contributed by atoms with van der Waals surface area (Å²) in [4.78, 5) is 21.7. The molecular formula is C22H27N5O4S. The van der Waals surface area contributed by atoms with Crippen molar-refractivity contribution in [3.05, 3.63) is 52.8 Å². The number of sulfonamides is 1. The number of hydrogen-bond acceptors (Lipinski definition) is 7. The number of nitrogens with zero attached hydrogens (tertiary/aromatic N) is 3. The van der Waals surface area contributed by atoms with E-state index in [0.29, 0.717) is 23.4 Å². The molecule has 1 aromatic carbocycles. The molecule has 0 spiro atoms. The Morgan fingerprint density at radius 1 is 1.34 bits per heavy atom. The summed E-state index contributed by atoms with van der Waals surface area (Å²) in [6, 6.07) is 7.28. The number of carbonyl (C=O) groups is 1. The molecule has 170 valence electrons. The van der Waals surface area contributed by atoms with Crippen molar-refractivity contribution < 1.29 is 17.9 Å². The van der Waals surface area contributed by atoms with Crippen LogP contribution in [0, 0.1) is 6.92 Å². The molecule has 0 radical (unpaired) electrons. The zero-order valence-electron chi connectivity index (χ0n) is 18.5. The maximum absolute atomic E-state index is 13.1. The Labute approximate surface area is 187 Å². The summed E-state index contributed by atoms with van der Waals surface area (Å²) in [5.41, 5.74) is 8.22. The number of ether oxygens (including phenoxy) is 1. The highest BCUT2D eigenvalue weighted by Gasteiger charge is 2.51. The van der Waals surface area contributed by atoms with Gasteiger partial charge in [-0.1, -0.05) is 6.07 Å². The number of benzene rings is 1. The van der Waals surface area contributed by atoms with Crippen molar-refractivity contribution >= 4 is 27.6 Å². The number of pyridine rings is 1. The van der Waals surface area contributed by atoms with Gasteiger partial charge in [0.15, 0.2) is 0 Å². The highest BCUT2D eigenvalue weighted by molar-refractivity contribution is 7.90. The molecule has 2 aliphatic rings. The highest BCUT2D eigenvalue weighted by Crippen LogP contribution is 2.44. The average molecular weight is 458 g/mol. The van der Waals surface area contributed by atoms with Gasteiger partial charge in [0.05, 0.1) is 13.3 Å². The van der Waals surface area contributed by atoms with Gasteiger partial charge >= 0.3 is 0 Å². The van der Waals surface area contributed by atoms with E-state index < -0.39 is 20.8 Å². The number of hydrogen-bond donors (Lipinski definition) is 2. The summed E-state index contributed by atoms with van der Waals surface area (Å²) in [5.74, 6) is 0.172. The van der Waals surface area contributed by atoms with Gasteiger partial charge in [0.25, 0.3) is 5.91 Å². The maximum Gasteiger partial charge on any atom is 0.274 e. The molecule has 10 heteroatoms. The molecule has 9 nitrogen and oxygen atoms in total. The first kappa shape index (κ1) is 22.1. The minimum Gasteiger partial charge on any atom is -0.495 e. The molecule has 1 aromatic heterocycles. The normalized spacial score (nSPS) is 23.9. The molecule has 0 unspecified atom stereocenters. The Balaban J connectivity index is 1.74. The lowest BCUT2D eigenvalue weighted by Gasteiger charge is -2.41.